The molecular weight excluding hydrogens is 312 g/mol. The number of aromatic nitrogens is 1. The molecule has 1 aromatic rings. The molecular formula is C13H17BrN2O3. The van der Waals surface area contributed by atoms with E-state index in [1.165, 1.54) is 4.90 Å². The number of hydrogen-bond donors (Lipinski definition) is 2. The smallest absolute Gasteiger partial charge is 0.261 e. The highest BCUT2D eigenvalue weighted by Crippen LogP contribution is 2.19. The first-order valence-electron chi connectivity index (χ1n) is 6.27. The van der Waals surface area contributed by atoms with Crippen molar-refractivity contribution in [3.63, 3.8) is 0 Å². The van der Waals surface area contributed by atoms with Crippen LogP contribution in [0, 0.1) is 12.8 Å². The van der Waals surface area contributed by atoms with Crippen LogP contribution in [0.2, 0.25) is 0 Å². The Kier molecular flexibility index (Phi) is 4.10. The summed E-state index contributed by atoms with van der Waals surface area (Å²) in [6, 6.07) is 1.54. The van der Waals surface area contributed by atoms with Crippen LogP contribution in [0.25, 0.3) is 0 Å². The van der Waals surface area contributed by atoms with Gasteiger partial charge in [-0.25, -0.2) is 0 Å². The average molecular weight is 329 g/mol. The quantitative estimate of drug-likeness (QED) is 0.815. The average Bonchev–Trinajstić information content (AvgIpc) is 2.36. The Morgan fingerprint density at radius 1 is 1.58 bits per heavy atom. The molecule has 1 amide bonds. The van der Waals surface area contributed by atoms with Crippen LogP contribution in [0.3, 0.4) is 0 Å². The topological polar surface area (TPSA) is 73.4 Å². The van der Waals surface area contributed by atoms with E-state index < -0.39 is 6.10 Å². The third-order valence-electron chi connectivity index (χ3n) is 3.61. The first kappa shape index (κ1) is 14.3. The van der Waals surface area contributed by atoms with E-state index in [1.54, 1.807) is 13.0 Å². The molecule has 1 aromatic heterocycles. The maximum atomic E-state index is 12.3. The van der Waals surface area contributed by atoms with Crippen LogP contribution in [0.4, 0.5) is 0 Å². The number of hydrogen-bond acceptors (Lipinski definition) is 3. The lowest BCUT2D eigenvalue weighted by Crippen LogP contribution is -2.47. The molecule has 0 aromatic carbocycles. The van der Waals surface area contributed by atoms with Crippen molar-refractivity contribution in [3.8, 4) is 0 Å². The Hall–Kier alpha value is -1.14. The SMILES string of the molecule is Cc1[nH]c(=O)c(C(=O)N2CC[C@H](C)[C@@H](O)C2)cc1Br. The van der Waals surface area contributed by atoms with E-state index >= 15 is 0 Å². The Morgan fingerprint density at radius 2 is 2.26 bits per heavy atom. The van der Waals surface area contributed by atoms with Crippen LogP contribution >= 0.6 is 15.9 Å². The molecule has 104 valence electrons. The van der Waals surface area contributed by atoms with Crippen LogP contribution < -0.4 is 5.56 Å². The number of nitrogens with zero attached hydrogens (tertiary/aromatic N) is 1. The molecule has 6 heteroatoms. The fourth-order valence-corrected chi connectivity index (χ4v) is 2.49. The van der Waals surface area contributed by atoms with Crippen molar-refractivity contribution >= 4 is 21.8 Å². The predicted molar refractivity (Wildman–Crippen MR) is 75.2 cm³/mol. The number of β-amino-alcohol motifs (C(OH)–C–C–N with tert-alkyl or cyclic N) is 1. The Bertz CT molecular complexity index is 555. The van der Waals surface area contributed by atoms with Gasteiger partial charge in [-0.3, -0.25) is 9.59 Å². The number of nitrogens with one attached hydrogen (secondary N) is 1. The number of pyridine rings is 1. The van der Waals surface area contributed by atoms with Gasteiger partial charge in [0.1, 0.15) is 5.56 Å². The lowest BCUT2D eigenvalue weighted by molar-refractivity contribution is 0.0247. The Labute approximate surface area is 119 Å². The fraction of sp³-hybridized carbons (Fsp3) is 0.538. The van der Waals surface area contributed by atoms with Crippen molar-refractivity contribution in [1.82, 2.24) is 9.88 Å². The molecule has 2 atom stereocenters. The van der Waals surface area contributed by atoms with Crippen molar-refractivity contribution in [2.24, 2.45) is 5.92 Å². The minimum absolute atomic E-state index is 0.110. The highest BCUT2D eigenvalue weighted by molar-refractivity contribution is 9.10. The zero-order chi connectivity index (χ0) is 14.2. The minimum Gasteiger partial charge on any atom is -0.391 e. The van der Waals surface area contributed by atoms with E-state index in [-0.39, 0.29) is 29.5 Å². The molecule has 0 radical (unpaired) electrons. The van der Waals surface area contributed by atoms with Crippen molar-refractivity contribution in [1.29, 1.82) is 0 Å². The van der Waals surface area contributed by atoms with Gasteiger partial charge in [-0.15, -0.1) is 0 Å². The first-order valence-corrected chi connectivity index (χ1v) is 7.06. The van der Waals surface area contributed by atoms with Crippen LogP contribution in [-0.2, 0) is 0 Å². The number of aryl methyl sites for hydroxylation is 1. The second-order valence-electron chi connectivity index (χ2n) is 5.07. The molecule has 2 N–H and O–H groups in total. The zero-order valence-electron chi connectivity index (χ0n) is 10.9. The van der Waals surface area contributed by atoms with Crippen LogP contribution in [0.1, 0.15) is 29.4 Å². The molecule has 2 heterocycles. The number of piperidine rings is 1. The number of aliphatic hydroxyl groups is 1. The monoisotopic (exact) mass is 328 g/mol. The summed E-state index contributed by atoms with van der Waals surface area (Å²) in [6.07, 6.45) is 0.225. The maximum absolute atomic E-state index is 12.3. The van der Waals surface area contributed by atoms with Gasteiger partial charge < -0.3 is 15.0 Å². The summed E-state index contributed by atoms with van der Waals surface area (Å²) in [4.78, 5) is 28.3. The summed E-state index contributed by atoms with van der Waals surface area (Å²) in [7, 11) is 0. The summed E-state index contributed by atoms with van der Waals surface area (Å²) in [5.41, 5.74) is 0.409. The van der Waals surface area contributed by atoms with Gasteiger partial charge >= 0.3 is 0 Å². The van der Waals surface area contributed by atoms with E-state index in [9.17, 15) is 14.7 Å². The third-order valence-corrected chi connectivity index (χ3v) is 4.43. The molecule has 1 aliphatic heterocycles. The van der Waals surface area contributed by atoms with E-state index in [1.807, 2.05) is 6.92 Å². The lowest BCUT2D eigenvalue weighted by atomic mass is 9.95. The number of H-pyrrole nitrogens is 1. The van der Waals surface area contributed by atoms with Gasteiger partial charge in [0.15, 0.2) is 0 Å². The molecule has 0 bridgehead atoms. The molecule has 1 fully saturated rings. The fourth-order valence-electron chi connectivity index (χ4n) is 2.16. The lowest BCUT2D eigenvalue weighted by Gasteiger charge is -2.34. The number of aliphatic hydroxyl groups excluding tert-OH is 1. The van der Waals surface area contributed by atoms with Crippen molar-refractivity contribution < 1.29 is 9.90 Å². The molecule has 0 saturated carbocycles. The van der Waals surface area contributed by atoms with E-state index in [2.05, 4.69) is 20.9 Å². The van der Waals surface area contributed by atoms with E-state index in [0.717, 1.165) is 6.42 Å². The summed E-state index contributed by atoms with van der Waals surface area (Å²) < 4.78 is 0.696. The summed E-state index contributed by atoms with van der Waals surface area (Å²) in [6.45, 7) is 4.57. The molecule has 2 rings (SSSR count). The molecule has 5 nitrogen and oxygen atoms in total. The third kappa shape index (κ3) is 2.90. The molecule has 1 saturated heterocycles. The standard InChI is InChI=1S/C13H17BrN2O3/c1-7-3-4-16(6-11(7)17)13(19)9-5-10(14)8(2)15-12(9)18/h5,7,11,17H,3-4,6H2,1-2H3,(H,15,18)/t7-,11-/m0/s1. The molecule has 0 spiro atoms. The predicted octanol–water partition coefficient (Wildman–Crippen LogP) is 1.29. The van der Waals surface area contributed by atoms with Gasteiger partial charge in [0.2, 0.25) is 0 Å². The van der Waals surface area contributed by atoms with Gasteiger partial charge in [-0.1, -0.05) is 6.92 Å². The number of carbonyl (C=O) groups excluding carboxylic acids is 1. The van der Waals surface area contributed by atoms with E-state index in [4.69, 9.17) is 0 Å². The first-order chi connectivity index (χ1) is 8.90. The van der Waals surface area contributed by atoms with Crippen molar-refractivity contribution in [2.75, 3.05) is 13.1 Å². The summed E-state index contributed by atoms with van der Waals surface area (Å²) in [5, 5.41) is 9.82. The second-order valence-corrected chi connectivity index (χ2v) is 5.92. The Balaban J connectivity index is 2.25. The van der Waals surface area contributed by atoms with Gasteiger partial charge in [-0.2, -0.15) is 0 Å². The maximum Gasteiger partial charge on any atom is 0.261 e. The van der Waals surface area contributed by atoms with Gasteiger partial charge in [0.25, 0.3) is 11.5 Å². The van der Waals surface area contributed by atoms with Crippen LogP contribution in [0.15, 0.2) is 15.3 Å². The van der Waals surface area contributed by atoms with Gasteiger partial charge in [0.05, 0.1) is 6.10 Å². The highest BCUT2D eigenvalue weighted by Gasteiger charge is 2.29. The van der Waals surface area contributed by atoms with Crippen LogP contribution in [0.5, 0.6) is 0 Å². The number of aromatic amines is 1. The number of amides is 1. The number of halogens is 1. The molecule has 19 heavy (non-hydrogen) atoms. The van der Waals surface area contributed by atoms with Crippen molar-refractivity contribution in [2.45, 2.75) is 26.4 Å². The summed E-state index contributed by atoms with van der Waals surface area (Å²) >= 11 is 3.30. The normalized spacial score (nSPS) is 23.5. The van der Waals surface area contributed by atoms with Gasteiger partial charge in [-0.05, 0) is 41.3 Å². The molecule has 0 unspecified atom stereocenters. The summed E-state index contributed by atoms with van der Waals surface area (Å²) in [5.74, 6) is -0.139. The largest absolute Gasteiger partial charge is 0.391 e. The Morgan fingerprint density at radius 3 is 2.89 bits per heavy atom. The van der Waals surface area contributed by atoms with Crippen molar-refractivity contribution in [3.05, 3.63) is 32.2 Å². The highest BCUT2D eigenvalue weighted by atomic mass is 79.9. The molecule has 0 aliphatic carbocycles. The number of likely N-dealkylation sites (tertiary alicyclic amines) is 1. The van der Waals surface area contributed by atoms with Crippen LogP contribution in [-0.4, -0.2) is 40.1 Å². The number of carbonyl (C=O) groups is 1. The minimum atomic E-state index is -0.523. The second kappa shape index (κ2) is 5.46. The van der Waals surface area contributed by atoms with E-state index in [0.29, 0.717) is 16.7 Å². The van der Waals surface area contributed by atoms with Gasteiger partial charge in [0, 0.05) is 23.3 Å². The zero-order valence-corrected chi connectivity index (χ0v) is 12.5. The molecule has 1 aliphatic rings. The number of rotatable bonds is 1.